The van der Waals surface area contributed by atoms with Gasteiger partial charge in [-0.05, 0) is 37.6 Å². The molecular weight excluding hydrogens is 290 g/mol. The van der Waals surface area contributed by atoms with Gasteiger partial charge in [-0.25, -0.2) is 0 Å². The van der Waals surface area contributed by atoms with Crippen LogP contribution >= 0.6 is 12.4 Å². The number of rotatable bonds is 6. The predicted octanol–water partition coefficient (Wildman–Crippen LogP) is 3.53. The molecule has 4 nitrogen and oxygen atoms in total. The van der Waals surface area contributed by atoms with Gasteiger partial charge in [-0.3, -0.25) is 0 Å². The van der Waals surface area contributed by atoms with E-state index in [0.29, 0.717) is 13.4 Å². The molecule has 1 unspecified atom stereocenters. The summed E-state index contributed by atoms with van der Waals surface area (Å²) in [7, 11) is 0. The molecule has 1 aromatic carbocycles. The molecule has 1 aromatic rings. The van der Waals surface area contributed by atoms with Crippen LogP contribution in [-0.2, 0) is 11.3 Å². The van der Waals surface area contributed by atoms with Gasteiger partial charge in [0.15, 0.2) is 11.5 Å². The standard InChI is InChI=1S/C16H23NO3.ClH/c1-3-7-17(8-4-2)9-15-12-5-6-14-16(20-11-19-14)13(12)10-18-15;/h5-6,15H,3-4,7-11H2,1-2H3;1H. The molecule has 118 valence electrons. The number of fused-ring (bicyclic) bond motifs is 3. The van der Waals surface area contributed by atoms with Crippen LogP contribution in [0.5, 0.6) is 11.5 Å². The van der Waals surface area contributed by atoms with E-state index in [9.17, 15) is 0 Å². The lowest BCUT2D eigenvalue weighted by atomic mass is 10.0. The van der Waals surface area contributed by atoms with Crippen LogP contribution in [0.25, 0.3) is 0 Å². The first kappa shape index (κ1) is 16.4. The number of hydrogen-bond acceptors (Lipinski definition) is 4. The molecule has 0 saturated heterocycles. The van der Waals surface area contributed by atoms with Crippen molar-refractivity contribution in [2.24, 2.45) is 0 Å². The Labute approximate surface area is 132 Å². The van der Waals surface area contributed by atoms with E-state index in [1.54, 1.807) is 0 Å². The molecule has 0 aliphatic carbocycles. The summed E-state index contributed by atoms with van der Waals surface area (Å²) in [6.45, 7) is 8.65. The quantitative estimate of drug-likeness (QED) is 0.804. The summed E-state index contributed by atoms with van der Waals surface area (Å²) >= 11 is 0. The second-order valence-electron chi connectivity index (χ2n) is 5.47. The third kappa shape index (κ3) is 3.28. The zero-order valence-electron chi connectivity index (χ0n) is 12.8. The van der Waals surface area contributed by atoms with E-state index in [4.69, 9.17) is 14.2 Å². The summed E-state index contributed by atoms with van der Waals surface area (Å²) in [6, 6.07) is 4.14. The van der Waals surface area contributed by atoms with Crippen molar-refractivity contribution < 1.29 is 14.2 Å². The summed E-state index contributed by atoms with van der Waals surface area (Å²) in [4.78, 5) is 2.49. The normalized spacial score (nSPS) is 18.7. The number of halogens is 1. The molecule has 2 heterocycles. The van der Waals surface area contributed by atoms with Crippen molar-refractivity contribution in [3.8, 4) is 11.5 Å². The van der Waals surface area contributed by atoms with Gasteiger partial charge >= 0.3 is 0 Å². The first-order valence-electron chi connectivity index (χ1n) is 7.58. The maximum Gasteiger partial charge on any atom is 0.231 e. The molecule has 0 amide bonds. The Morgan fingerprint density at radius 1 is 1.14 bits per heavy atom. The fraction of sp³-hybridized carbons (Fsp3) is 0.625. The molecular formula is C16H24ClNO3. The van der Waals surface area contributed by atoms with E-state index in [1.165, 1.54) is 24.0 Å². The lowest BCUT2D eigenvalue weighted by Crippen LogP contribution is -2.30. The van der Waals surface area contributed by atoms with Gasteiger partial charge < -0.3 is 19.1 Å². The lowest BCUT2D eigenvalue weighted by molar-refractivity contribution is 0.0360. The summed E-state index contributed by atoms with van der Waals surface area (Å²) in [5, 5.41) is 0. The molecule has 0 saturated carbocycles. The average molecular weight is 314 g/mol. The van der Waals surface area contributed by atoms with E-state index < -0.39 is 0 Å². The van der Waals surface area contributed by atoms with E-state index in [1.807, 2.05) is 6.07 Å². The second-order valence-corrected chi connectivity index (χ2v) is 5.47. The lowest BCUT2D eigenvalue weighted by Gasteiger charge is -2.24. The van der Waals surface area contributed by atoms with Crippen molar-refractivity contribution in [2.75, 3.05) is 26.4 Å². The minimum Gasteiger partial charge on any atom is -0.454 e. The highest BCUT2D eigenvalue weighted by molar-refractivity contribution is 5.85. The van der Waals surface area contributed by atoms with Crippen LogP contribution in [0.2, 0.25) is 0 Å². The number of hydrogen-bond donors (Lipinski definition) is 0. The van der Waals surface area contributed by atoms with Crippen molar-refractivity contribution in [2.45, 2.75) is 39.4 Å². The molecule has 0 N–H and O–H groups in total. The molecule has 0 fully saturated rings. The first-order chi connectivity index (χ1) is 9.83. The van der Waals surface area contributed by atoms with Crippen LogP contribution in [0.3, 0.4) is 0 Å². The molecule has 0 spiro atoms. The van der Waals surface area contributed by atoms with E-state index in [2.05, 4.69) is 24.8 Å². The molecule has 21 heavy (non-hydrogen) atoms. The molecule has 2 aliphatic rings. The van der Waals surface area contributed by atoms with Gasteiger partial charge in [-0.1, -0.05) is 19.9 Å². The van der Waals surface area contributed by atoms with Crippen molar-refractivity contribution in [3.05, 3.63) is 23.3 Å². The number of benzene rings is 1. The fourth-order valence-electron chi connectivity index (χ4n) is 3.08. The van der Waals surface area contributed by atoms with Crippen molar-refractivity contribution in [1.82, 2.24) is 4.90 Å². The third-order valence-electron chi connectivity index (χ3n) is 3.96. The maximum absolute atomic E-state index is 5.99. The van der Waals surface area contributed by atoms with Crippen molar-refractivity contribution in [3.63, 3.8) is 0 Å². The number of nitrogens with zero attached hydrogens (tertiary/aromatic N) is 1. The van der Waals surface area contributed by atoms with Gasteiger partial charge in [-0.15, -0.1) is 12.4 Å². The average Bonchev–Trinajstić information content (AvgIpc) is 3.05. The van der Waals surface area contributed by atoms with Gasteiger partial charge in [0.1, 0.15) is 0 Å². The summed E-state index contributed by atoms with van der Waals surface area (Å²) in [5.74, 6) is 1.74. The van der Waals surface area contributed by atoms with E-state index in [-0.39, 0.29) is 18.5 Å². The molecule has 1 atom stereocenters. The number of ether oxygens (including phenoxy) is 3. The smallest absolute Gasteiger partial charge is 0.231 e. The Balaban J connectivity index is 0.00000161. The Hall–Kier alpha value is -0.970. The minimum atomic E-state index is 0. The highest BCUT2D eigenvalue weighted by atomic mass is 35.5. The van der Waals surface area contributed by atoms with Gasteiger partial charge in [-0.2, -0.15) is 0 Å². The van der Waals surface area contributed by atoms with Crippen LogP contribution in [0.1, 0.15) is 43.9 Å². The second kappa shape index (κ2) is 7.34. The van der Waals surface area contributed by atoms with E-state index >= 15 is 0 Å². The van der Waals surface area contributed by atoms with Crippen molar-refractivity contribution in [1.29, 1.82) is 0 Å². The van der Waals surface area contributed by atoms with Crippen LogP contribution in [-0.4, -0.2) is 31.3 Å². The van der Waals surface area contributed by atoms with Crippen LogP contribution in [0, 0.1) is 0 Å². The van der Waals surface area contributed by atoms with Crippen molar-refractivity contribution >= 4 is 12.4 Å². The zero-order chi connectivity index (χ0) is 13.9. The van der Waals surface area contributed by atoms with E-state index in [0.717, 1.165) is 31.1 Å². The molecule has 0 aromatic heterocycles. The highest BCUT2D eigenvalue weighted by Gasteiger charge is 2.31. The predicted molar refractivity (Wildman–Crippen MR) is 84.4 cm³/mol. The highest BCUT2D eigenvalue weighted by Crippen LogP contribution is 2.44. The SMILES string of the molecule is CCCN(CCC)CC1OCc2c1ccc1c2OCO1.Cl. The van der Waals surface area contributed by atoms with Crippen LogP contribution in [0.15, 0.2) is 12.1 Å². The molecule has 5 heteroatoms. The Morgan fingerprint density at radius 2 is 1.90 bits per heavy atom. The Bertz CT molecular complexity index is 475. The summed E-state index contributed by atoms with van der Waals surface area (Å²) in [5.41, 5.74) is 2.45. The van der Waals surface area contributed by atoms with Gasteiger partial charge in [0.25, 0.3) is 0 Å². The Morgan fingerprint density at radius 3 is 2.62 bits per heavy atom. The summed E-state index contributed by atoms with van der Waals surface area (Å²) in [6.07, 6.45) is 2.53. The van der Waals surface area contributed by atoms with Gasteiger partial charge in [0, 0.05) is 12.1 Å². The third-order valence-corrected chi connectivity index (χ3v) is 3.96. The molecule has 3 rings (SSSR count). The topological polar surface area (TPSA) is 30.9 Å². The molecule has 2 aliphatic heterocycles. The Kier molecular flexibility index (Phi) is 5.73. The largest absolute Gasteiger partial charge is 0.454 e. The van der Waals surface area contributed by atoms with Crippen LogP contribution in [0.4, 0.5) is 0 Å². The van der Waals surface area contributed by atoms with Crippen LogP contribution < -0.4 is 9.47 Å². The van der Waals surface area contributed by atoms with Gasteiger partial charge in [0.05, 0.1) is 12.7 Å². The summed E-state index contributed by atoms with van der Waals surface area (Å²) < 4.78 is 17.0. The zero-order valence-corrected chi connectivity index (χ0v) is 13.6. The minimum absolute atomic E-state index is 0. The first-order valence-corrected chi connectivity index (χ1v) is 7.58. The van der Waals surface area contributed by atoms with Gasteiger partial charge in [0.2, 0.25) is 6.79 Å². The fourth-order valence-corrected chi connectivity index (χ4v) is 3.08. The maximum atomic E-state index is 5.99. The molecule has 0 bridgehead atoms. The monoisotopic (exact) mass is 313 g/mol. The molecule has 0 radical (unpaired) electrons.